The Hall–Kier alpha value is -3.93. The number of carbonyl (C=O) groups excluding carboxylic acids is 4. The molecule has 1 fully saturated rings. The van der Waals surface area contributed by atoms with Crippen LogP contribution in [0.2, 0.25) is 0 Å². The van der Waals surface area contributed by atoms with Crippen molar-refractivity contribution in [2.45, 2.75) is 6.92 Å². The third-order valence-corrected chi connectivity index (χ3v) is 5.33. The van der Waals surface area contributed by atoms with E-state index in [0.717, 1.165) is 0 Å². The third-order valence-electron chi connectivity index (χ3n) is 4.65. The average molecular weight is 550 g/mol. The van der Waals surface area contributed by atoms with Crippen LogP contribution in [0.4, 0.5) is 14.9 Å². The van der Waals surface area contributed by atoms with Crippen LogP contribution in [0.5, 0.6) is 11.5 Å². The summed E-state index contributed by atoms with van der Waals surface area (Å²) in [7, 11) is 1.40. The predicted molar refractivity (Wildman–Crippen MR) is 126 cm³/mol. The van der Waals surface area contributed by atoms with Gasteiger partial charge >= 0.3 is 12.0 Å². The quantitative estimate of drug-likeness (QED) is 0.280. The second-order valence-corrected chi connectivity index (χ2v) is 7.88. The molecule has 2 aromatic carbocycles. The van der Waals surface area contributed by atoms with E-state index in [4.69, 9.17) is 14.2 Å². The number of anilines is 1. The lowest BCUT2D eigenvalue weighted by Gasteiger charge is -2.13. The van der Waals surface area contributed by atoms with Gasteiger partial charge in [0.15, 0.2) is 18.1 Å². The molecule has 0 radical (unpaired) electrons. The highest BCUT2D eigenvalue weighted by Crippen LogP contribution is 2.35. The van der Waals surface area contributed by atoms with Crippen LogP contribution in [0.3, 0.4) is 0 Å². The highest BCUT2D eigenvalue weighted by Gasteiger charge is 2.35. The van der Waals surface area contributed by atoms with Crippen molar-refractivity contribution in [3.8, 4) is 11.5 Å². The number of amides is 4. The van der Waals surface area contributed by atoms with Gasteiger partial charge in [0.25, 0.3) is 5.91 Å². The van der Waals surface area contributed by atoms with Gasteiger partial charge in [-0.05, 0) is 42.8 Å². The van der Waals surface area contributed by atoms with E-state index in [2.05, 4.69) is 26.6 Å². The normalized spacial score (nSPS) is 14.1. The van der Waals surface area contributed by atoms with Crippen LogP contribution in [0.25, 0.3) is 6.08 Å². The molecule has 1 aliphatic rings. The number of nitrogens with zero attached hydrogens (tertiary/aromatic N) is 1. The van der Waals surface area contributed by atoms with Gasteiger partial charge in [-0.2, -0.15) is 0 Å². The lowest BCUT2D eigenvalue weighted by molar-refractivity contribution is -0.145. The number of nitrogens with one attached hydrogen (secondary N) is 2. The minimum absolute atomic E-state index is 0.0680. The van der Waals surface area contributed by atoms with Crippen molar-refractivity contribution in [1.29, 1.82) is 0 Å². The summed E-state index contributed by atoms with van der Waals surface area (Å²) < 4.78 is 29.8. The largest absolute Gasteiger partial charge is 0.493 e. The summed E-state index contributed by atoms with van der Waals surface area (Å²) in [5, 5.41) is 4.73. The maximum Gasteiger partial charge on any atom is 0.344 e. The van der Waals surface area contributed by atoms with Crippen LogP contribution in [0.15, 0.2) is 46.6 Å². The molecule has 12 heteroatoms. The fraction of sp³-hybridized carbons (Fsp3) is 0.217. The van der Waals surface area contributed by atoms with Gasteiger partial charge in [0.2, 0.25) is 5.91 Å². The molecule has 3 rings (SSSR count). The minimum atomic E-state index is -0.803. The molecule has 0 aromatic heterocycles. The molecule has 0 atom stereocenters. The topological polar surface area (TPSA) is 123 Å². The number of halogens is 2. The zero-order chi connectivity index (χ0) is 25.5. The molecular weight excluding hydrogens is 529 g/mol. The van der Waals surface area contributed by atoms with Crippen LogP contribution < -0.4 is 20.1 Å². The zero-order valence-electron chi connectivity index (χ0n) is 18.7. The first-order valence-electron chi connectivity index (χ1n) is 10.3. The molecule has 1 heterocycles. The summed E-state index contributed by atoms with van der Waals surface area (Å²) in [4.78, 5) is 49.6. The molecule has 0 aliphatic carbocycles. The number of urea groups is 1. The van der Waals surface area contributed by atoms with Crippen molar-refractivity contribution in [2.24, 2.45) is 0 Å². The number of hydrogen-bond acceptors (Lipinski definition) is 7. The standard InChI is InChI=1S/C23H21BrFN3O7/c1-3-34-21(30)12-35-19-10-14(24)13(9-18(19)33-2)8-17-22(31)28(23(32)27-17)11-20(29)26-16-7-5-4-6-15(16)25/h4-10H,3,11-12H2,1-2H3,(H,26,29)(H,27,32)/b17-8+. The molecule has 1 saturated heterocycles. The highest BCUT2D eigenvalue weighted by atomic mass is 79.9. The first-order chi connectivity index (χ1) is 16.7. The van der Waals surface area contributed by atoms with E-state index in [0.29, 0.717) is 14.9 Å². The predicted octanol–water partition coefficient (Wildman–Crippen LogP) is 3.07. The summed E-state index contributed by atoms with van der Waals surface area (Å²) in [6.07, 6.45) is 1.39. The molecule has 35 heavy (non-hydrogen) atoms. The number of ether oxygens (including phenoxy) is 3. The van der Waals surface area contributed by atoms with Gasteiger partial charge < -0.3 is 24.8 Å². The van der Waals surface area contributed by atoms with Crippen LogP contribution in [-0.2, 0) is 19.1 Å². The highest BCUT2D eigenvalue weighted by molar-refractivity contribution is 9.10. The summed E-state index contributed by atoms with van der Waals surface area (Å²) >= 11 is 3.36. The Labute approximate surface area is 208 Å². The van der Waals surface area contributed by atoms with E-state index < -0.39 is 36.2 Å². The number of rotatable bonds is 9. The van der Waals surface area contributed by atoms with Crippen LogP contribution in [-0.4, -0.2) is 55.6 Å². The number of methoxy groups -OCH3 is 1. The van der Waals surface area contributed by atoms with Crippen molar-refractivity contribution < 1.29 is 37.8 Å². The molecular formula is C23H21BrFN3O7. The zero-order valence-corrected chi connectivity index (χ0v) is 20.3. The lowest BCUT2D eigenvalue weighted by atomic mass is 10.1. The minimum Gasteiger partial charge on any atom is -0.493 e. The molecule has 2 aromatic rings. The lowest BCUT2D eigenvalue weighted by Crippen LogP contribution is -2.38. The molecule has 2 N–H and O–H groups in total. The Morgan fingerprint density at radius 1 is 1.20 bits per heavy atom. The first kappa shape index (κ1) is 25.7. The molecule has 0 saturated carbocycles. The Kier molecular flexibility index (Phi) is 8.42. The van der Waals surface area contributed by atoms with Gasteiger partial charge in [0.05, 0.1) is 19.4 Å². The maximum absolute atomic E-state index is 13.7. The number of imide groups is 1. The van der Waals surface area contributed by atoms with E-state index in [1.54, 1.807) is 6.92 Å². The summed E-state index contributed by atoms with van der Waals surface area (Å²) in [6, 6.07) is 7.79. The van der Waals surface area contributed by atoms with Gasteiger partial charge in [-0.25, -0.2) is 18.9 Å². The van der Waals surface area contributed by atoms with E-state index >= 15 is 0 Å². The van der Waals surface area contributed by atoms with Gasteiger partial charge in [-0.15, -0.1) is 0 Å². The van der Waals surface area contributed by atoms with Crippen molar-refractivity contribution in [2.75, 3.05) is 32.2 Å². The fourth-order valence-electron chi connectivity index (χ4n) is 3.04. The maximum atomic E-state index is 13.7. The monoisotopic (exact) mass is 549 g/mol. The van der Waals surface area contributed by atoms with Crippen LogP contribution in [0, 0.1) is 5.82 Å². The van der Waals surface area contributed by atoms with Gasteiger partial charge in [-0.1, -0.05) is 28.1 Å². The number of esters is 1. The fourth-order valence-corrected chi connectivity index (χ4v) is 3.48. The Morgan fingerprint density at radius 3 is 2.63 bits per heavy atom. The summed E-state index contributed by atoms with van der Waals surface area (Å²) in [5.41, 5.74) is 0.296. The van der Waals surface area contributed by atoms with Crippen molar-refractivity contribution in [1.82, 2.24) is 10.2 Å². The number of carbonyl (C=O) groups is 4. The third kappa shape index (κ3) is 6.35. The Morgan fingerprint density at radius 2 is 1.94 bits per heavy atom. The van der Waals surface area contributed by atoms with Crippen molar-refractivity contribution in [3.63, 3.8) is 0 Å². The second-order valence-electron chi connectivity index (χ2n) is 7.03. The van der Waals surface area contributed by atoms with Crippen LogP contribution in [0.1, 0.15) is 12.5 Å². The van der Waals surface area contributed by atoms with E-state index in [1.165, 1.54) is 49.6 Å². The van der Waals surface area contributed by atoms with Gasteiger partial charge in [0, 0.05) is 4.47 Å². The second kappa shape index (κ2) is 11.5. The first-order valence-corrected chi connectivity index (χ1v) is 11.1. The van der Waals surface area contributed by atoms with Gasteiger partial charge in [0.1, 0.15) is 18.1 Å². The van der Waals surface area contributed by atoms with E-state index in [1.807, 2.05) is 0 Å². The smallest absolute Gasteiger partial charge is 0.344 e. The van der Waals surface area contributed by atoms with Crippen LogP contribution >= 0.6 is 15.9 Å². The molecule has 1 aliphatic heterocycles. The summed E-state index contributed by atoms with van der Waals surface area (Å²) in [5.74, 6) is -2.16. The van der Waals surface area contributed by atoms with Crippen molar-refractivity contribution in [3.05, 3.63) is 57.9 Å². The van der Waals surface area contributed by atoms with Gasteiger partial charge in [-0.3, -0.25) is 9.59 Å². The van der Waals surface area contributed by atoms with E-state index in [9.17, 15) is 23.6 Å². The SMILES string of the molecule is CCOC(=O)COc1cc(Br)c(/C=C2/NC(=O)N(CC(=O)Nc3ccccc3F)C2=O)cc1OC. The Bertz CT molecular complexity index is 1200. The number of benzene rings is 2. The van der Waals surface area contributed by atoms with E-state index in [-0.39, 0.29) is 36.1 Å². The Balaban J connectivity index is 1.74. The number of para-hydroxylation sites is 1. The molecule has 0 spiro atoms. The molecule has 10 nitrogen and oxygen atoms in total. The summed E-state index contributed by atoms with van der Waals surface area (Å²) in [6.45, 7) is 0.963. The van der Waals surface area contributed by atoms with Crippen molar-refractivity contribution >= 4 is 51.5 Å². The molecule has 184 valence electrons. The number of hydrogen-bond donors (Lipinski definition) is 2. The molecule has 0 unspecified atom stereocenters. The average Bonchev–Trinajstić information content (AvgIpc) is 3.08. The molecule has 4 amide bonds. The molecule has 0 bridgehead atoms.